The summed E-state index contributed by atoms with van der Waals surface area (Å²) in [5.74, 6) is 0.174. The highest BCUT2D eigenvalue weighted by molar-refractivity contribution is 9.10. The summed E-state index contributed by atoms with van der Waals surface area (Å²) < 4.78 is 17.0. The van der Waals surface area contributed by atoms with Gasteiger partial charge in [-0.2, -0.15) is 0 Å². The van der Waals surface area contributed by atoms with Gasteiger partial charge in [0.1, 0.15) is 13.2 Å². The number of carbonyl (C=O) groups excluding carboxylic acids is 2. The highest BCUT2D eigenvalue weighted by Gasteiger charge is 2.18. The molecule has 2 aromatic carbocycles. The lowest BCUT2D eigenvalue weighted by atomic mass is 10.2. The summed E-state index contributed by atoms with van der Waals surface area (Å²) in [6.07, 6.45) is 1.96. The Morgan fingerprint density at radius 3 is 2.70 bits per heavy atom. The molecule has 1 heterocycles. The van der Waals surface area contributed by atoms with Gasteiger partial charge in [0.25, 0.3) is 5.91 Å². The molecule has 0 spiro atoms. The van der Waals surface area contributed by atoms with Gasteiger partial charge in [-0.05, 0) is 42.8 Å². The minimum absolute atomic E-state index is 0.434. The topological polar surface area (TPSA) is 73.9 Å². The number of amides is 1. The fourth-order valence-corrected chi connectivity index (χ4v) is 2.82. The Labute approximate surface area is 165 Å². The molecule has 0 bridgehead atoms. The van der Waals surface area contributed by atoms with Crippen molar-refractivity contribution in [1.82, 2.24) is 0 Å². The summed E-state index contributed by atoms with van der Waals surface area (Å²) in [6.45, 7) is 2.47. The van der Waals surface area contributed by atoms with Gasteiger partial charge in [-0.3, -0.25) is 4.79 Å². The summed E-state index contributed by atoms with van der Waals surface area (Å²) in [5.41, 5.74) is 1.38. The Balaban J connectivity index is 1.55. The van der Waals surface area contributed by atoms with Crippen LogP contribution in [0.4, 0.5) is 5.69 Å². The lowest BCUT2D eigenvalue weighted by molar-refractivity contribution is -0.148. The number of benzene rings is 2. The van der Waals surface area contributed by atoms with E-state index in [1.807, 2.05) is 24.3 Å². The molecule has 1 unspecified atom stereocenters. The Kier molecular flexibility index (Phi) is 6.13. The summed E-state index contributed by atoms with van der Waals surface area (Å²) >= 11 is 3.36. The zero-order valence-corrected chi connectivity index (χ0v) is 16.2. The Morgan fingerprint density at radius 1 is 1.15 bits per heavy atom. The van der Waals surface area contributed by atoms with Crippen LogP contribution in [-0.2, 0) is 14.3 Å². The largest absolute Gasteiger partial charge is 0.486 e. The van der Waals surface area contributed by atoms with Crippen molar-refractivity contribution in [2.24, 2.45) is 0 Å². The zero-order valence-electron chi connectivity index (χ0n) is 14.6. The normalized spacial score (nSPS) is 13.9. The predicted octanol–water partition coefficient (Wildman–Crippen LogP) is 3.80. The molecule has 0 saturated heterocycles. The molecule has 0 fully saturated rings. The van der Waals surface area contributed by atoms with Crippen LogP contribution in [0.1, 0.15) is 12.5 Å². The average Bonchev–Trinajstić information content (AvgIpc) is 2.66. The van der Waals surface area contributed by atoms with Crippen molar-refractivity contribution in [3.05, 3.63) is 58.6 Å². The predicted molar refractivity (Wildman–Crippen MR) is 105 cm³/mol. The molecule has 2 aromatic rings. The van der Waals surface area contributed by atoms with Crippen LogP contribution in [0.2, 0.25) is 0 Å². The van der Waals surface area contributed by atoms with Gasteiger partial charge in [-0.25, -0.2) is 4.79 Å². The first-order valence-corrected chi connectivity index (χ1v) is 9.15. The minimum Gasteiger partial charge on any atom is -0.486 e. The van der Waals surface area contributed by atoms with Gasteiger partial charge >= 0.3 is 5.97 Å². The van der Waals surface area contributed by atoms with Gasteiger partial charge in [0.05, 0.1) is 0 Å². The fourth-order valence-electron chi connectivity index (χ4n) is 2.41. The third kappa shape index (κ3) is 5.34. The van der Waals surface area contributed by atoms with Gasteiger partial charge in [-0.15, -0.1) is 0 Å². The van der Waals surface area contributed by atoms with Crippen LogP contribution >= 0.6 is 15.9 Å². The van der Waals surface area contributed by atoms with Crippen LogP contribution in [0.3, 0.4) is 0 Å². The summed E-state index contributed by atoms with van der Waals surface area (Å²) in [7, 11) is 0. The lowest BCUT2D eigenvalue weighted by Crippen LogP contribution is -2.29. The van der Waals surface area contributed by atoms with E-state index in [4.69, 9.17) is 14.2 Å². The van der Waals surface area contributed by atoms with E-state index in [1.165, 1.54) is 13.0 Å². The maximum atomic E-state index is 12.2. The molecule has 140 valence electrons. The van der Waals surface area contributed by atoms with Crippen LogP contribution in [0.25, 0.3) is 6.08 Å². The lowest BCUT2D eigenvalue weighted by Gasteiger charge is -2.19. The number of carbonyl (C=O) groups is 2. The van der Waals surface area contributed by atoms with E-state index >= 15 is 0 Å². The number of ether oxygens (including phenoxy) is 3. The van der Waals surface area contributed by atoms with E-state index in [0.29, 0.717) is 30.4 Å². The van der Waals surface area contributed by atoms with Crippen molar-refractivity contribution < 1.29 is 23.8 Å². The second-order valence-corrected chi connectivity index (χ2v) is 6.73. The van der Waals surface area contributed by atoms with Crippen molar-refractivity contribution in [1.29, 1.82) is 0 Å². The SMILES string of the molecule is CC(OC(=O)/C=C/c1cccc(Br)c1)C(=O)Nc1ccc2c(c1)OCCO2. The Bertz CT molecular complexity index is 880. The van der Waals surface area contributed by atoms with Crippen molar-refractivity contribution in [3.8, 4) is 11.5 Å². The quantitative estimate of drug-likeness (QED) is 0.575. The van der Waals surface area contributed by atoms with Gasteiger partial charge in [-0.1, -0.05) is 28.1 Å². The van der Waals surface area contributed by atoms with Crippen molar-refractivity contribution in [2.75, 3.05) is 18.5 Å². The Hall–Kier alpha value is -2.80. The van der Waals surface area contributed by atoms with Crippen molar-refractivity contribution in [3.63, 3.8) is 0 Å². The third-order valence-corrected chi connectivity index (χ3v) is 4.23. The number of halogens is 1. The summed E-state index contributed by atoms with van der Waals surface area (Å²) in [4.78, 5) is 24.2. The van der Waals surface area contributed by atoms with E-state index in [-0.39, 0.29) is 0 Å². The van der Waals surface area contributed by atoms with Crippen LogP contribution in [-0.4, -0.2) is 31.2 Å². The zero-order chi connectivity index (χ0) is 19.2. The molecular formula is C20H18BrNO5. The van der Waals surface area contributed by atoms with Crippen molar-refractivity contribution >= 4 is 39.6 Å². The van der Waals surface area contributed by atoms with Crippen LogP contribution in [0, 0.1) is 0 Å². The highest BCUT2D eigenvalue weighted by Crippen LogP contribution is 2.32. The van der Waals surface area contributed by atoms with Gasteiger partial charge < -0.3 is 19.5 Å². The molecule has 0 aliphatic carbocycles. The fraction of sp³-hybridized carbons (Fsp3) is 0.200. The number of esters is 1. The second-order valence-electron chi connectivity index (χ2n) is 5.82. The molecule has 6 nitrogen and oxygen atoms in total. The summed E-state index contributed by atoms with van der Waals surface area (Å²) in [5, 5.41) is 2.70. The van der Waals surface area contributed by atoms with Crippen LogP contribution in [0.5, 0.6) is 11.5 Å². The van der Waals surface area contributed by atoms with Gasteiger partial charge in [0, 0.05) is 22.3 Å². The van der Waals surface area contributed by atoms with Gasteiger partial charge in [0.2, 0.25) is 0 Å². The number of hydrogen-bond acceptors (Lipinski definition) is 5. The molecule has 0 saturated carbocycles. The first-order valence-electron chi connectivity index (χ1n) is 8.36. The monoisotopic (exact) mass is 431 g/mol. The van der Waals surface area contributed by atoms with E-state index in [0.717, 1.165) is 10.0 Å². The van der Waals surface area contributed by atoms with E-state index in [9.17, 15) is 9.59 Å². The van der Waals surface area contributed by atoms with E-state index < -0.39 is 18.0 Å². The molecule has 3 rings (SSSR count). The molecule has 0 radical (unpaired) electrons. The molecule has 27 heavy (non-hydrogen) atoms. The average molecular weight is 432 g/mol. The molecular weight excluding hydrogens is 414 g/mol. The van der Waals surface area contributed by atoms with Crippen molar-refractivity contribution in [2.45, 2.75) is 13.0 Å². The van der Waals surface area contributed by atoms with E-state index in [2.05, 4.69) is 21.2 Å². The highest BCUT2D eigenvalue weighted by atomic mass is 79.9. The first kappa shape index (κ1) is 19.0. The Morgan fingerprint density at radius 2 is 1.93 bits per heavy atom. The number of nitrogens with one attached hydrogen (secondary N) is 1. The molecule has 7 heteroatoms. The third-order valence-electron chi connectivity index (χ3n) is 3.73. The molecule has 1 N–H and O–H groups in total. The second kappa shape index (κ2) is 8.73. The van der Waals surface area contributed by atoms with E-state index in [1.54, 1.807) is 24.3 Å². The number of fused-ring (bicyclic) bond motifs is 1. The van der Waals surface area contributed by atoms with Gasteiger partial charge in [0.15, 0.2) is 17.6 Å². The summed E-state index contributed by atoms with van der Waals surface area (Å²) in [6, 6.07) is 12.6. The number of anilines is 1. The molecule has 1 atom stereocenters. The smallest absolute Gasteiger partial charge is 0.331 e. The number of rotatable bonds is 5. The maximum absolute atomic E-state index is 12.2. The number of hydrogen-bond donors (Lipinski definition) is 1. The maximum Gasteiger partial charge on any atom is 0.331 e. The molecule has 1 amide bonds. The standard InChI is InChI=1S/C20H18BrNO5/c1-13(27-19(23)8-5-14-3-2-4-15(21)11-14)20(24)22-16-6-7-17-18(12-16)26-10-9-25-17/h2-8,11-13H,9-10H2,1H3,(H,22,24)/b8-5+. The molecule has 1 aliphatic rings. The minimum atomic E-state index is -0.946. The molecule has 1 aliphatic heterocycles. The molecule has 0 aromatic heterocycles. The first-order chi connectivity index (χ1) is 13.0. The van der Waals surface area contributed by atoms with Crippen LogP contribution in [0.15, 0.2) is 53.0 Å². The van der Waals surface area contributed by atoms with Crippen LogP contribution < -0.4 is 14.8 Å².